The number of hydrogen-bond donors (Lipinski definition) is 2. The van der Waals surface area contributed by atoms with Crippen molar-refractivity contribution >= 4 is 28.5 Å². The molecule has 0 fully saturated rings. The lowest BCUT2D eigenvalue weighted by molar-refractivity contribution is 0.519. The molecule has 0 aliphatic carbocycles. The predicted octanol–water partition coefficient (Wildman–Crippen LogP) is 1.87. The molecule has 0 aliphatic rings. The van der Waals surface area contributed by atoms with E-state index < -0.39 is 0 Å². The highest BCUT2D eigenvalue weighted by atomic mass is 127. The third kappa shape index (κ3) is 4.74. The highest BCUT2D eigenvalue weighted by molar-refractivity contribution is 14.1. The van der Waals surface area contributed by atoms with E-state index in [-0.39, 0.29) is 6.04 Å². The van der Waals surface area contributed by atoms with E-state index in [0.717, 1.165) is 9.99 Å². The topological polar surface area (TPSA) is 63.8 Å². The molecular weight excluding hydrogens is 303 g/mol. The minimum atomic E-state index is 0.255. The lowest BCUT2D eigenvalue weighted by Crippen LogP contribution is -2.31. The summed E-state index contributed by atoms with van der Waals surface area (Å²) in [5.74, 6) is 1.28. The molecule has 1 aromatic heterocycles. The number of aromatic nitrogens is 2. The van der Waals surface area contributed by atoms with Crippen LogP contribution in [0.1, 0.15) is 20.3 Å². The summed E-state index contributed by atoms with van der Waals surface area (Å²) in [7, 11) is 0. The van der Waals surface area contributed by atoms with Crippen LogP contribution in [0.25, 0.3) is 0 Å². The normalized spacial score (nSPS) is 12.9. The Kier molecular flexibility index (Phi) is 5.24. The summed E-state index contributed by atoms with van der Waals surface area (Å²) < 4.78 is 1.03. The van der Waals surface area contributed by atoms with Gasteiger partial charge in [0.25, 0.3) is 0 Å². The molecule has 3 N–H and O–H groups in total. The summed E-state index contributed by atoms with van der Waals surface area (Å²) in [4.78, 5) is 8.38. The summed E-state index contributed by atoms with van der Waals surface area (Å²) >= 11 is 2.18. The Morgan fingerprint density at radius 1 is 1.40 bits per heavy atom. The maximum absolute atomic E-state index is 5.68. The van der Waals surface area contributed by atoms with E-state index in [1.807, 2.05) is 0 Å². The zero-order valence-electron chi connectivity index (χ0n) is 9.07. The van der Waals surface area contributed by atoms with Gasteiger partial charge in [0.1, 0.15) is 0 Å². The number of anilines is 1. The van der Waals surface area contributed by atoms with Gasteiger partial charge < -0.3 is 11.1 Å². The zero-order valence-corrected chi connectivity index (χ0v) is 11.2. The van der Waals surface area contributed by atoms with Gasteiger partial charge in [-0.15, -0.1) is 0 Å². The summed E-state index contributed by atoms with van der Waals surface area (Å²) in [6.45, 7) is 4.96. The van der Waals surface area contributed by atoms with Crippen molar-refractivity contribution in [2.45, 2.75) is 26.3 Å². The maximum Gasteiger partial charge on any atom is 0.222 e. The monoisotopic (exact) mass is 320 g/mol. The molecule has 5 heteroatoms. The second-order valence-electron chi connectivity index (χ2n) is 3.93. The van der Waals surface area contributed by atoms with Crippen LogP contribution in [0.15, 0.2) is 12.4 Å². The Hall–Kier alpha value is -0.430. The molecular formula is C10H17IN4. The number of hydrogen-bond acceptors (Lipinski definition) is 4. The van der Waals surface area contributed by atoms with Crippen LogP contribution >= 0.6 is 22.6 Å². The van der Waals surface area contributed by atoms with Crippen LogP contribution < -0.4 is 11.1 Å². The Bertz CT molecular complexity index is 286. The van der Waals surface area contributed by atoms with Gasteiger partial charge in [0.05, 0.1) is 0 Å². The van der Waals surface area contributed by atoms with Gasteiger partial charge in [0, 0.05) is 28.6 Å². The Labute approximate surface area is 104 Å². The molecule has 15 heavy (non-hydrogen) atoms. The van der Waals surface area contributed by atoms with Crippen molar-refractivity contribution < 1.29 is 0 Å². The molecule has 1 atom stereocenters. The van der Waals surface area contributed by atoms with Gasteiger partial charge in [0.2, 0.25) is 5.95 Å². The average Bonchev–Trinajstić information content (AvgIpc) is 2.19. The van der Waals surface area contributed by atoms with Crippen LogP contribution in [0.3, 0.4) is 0 Å². The van der Waals surface area contributed by atoms with Crippen molar-refractivity contribution in [2.75, 3.05) is 11.9 Å². The first-order valence-corrected chi connectivity index (χ1v) is 6.14. The predicted molar refractivity (Wildman–Crippen MR) is 70.7 cm³/mol. The highest BCUT2D eigenvalue weighted by Gasteiger charge is 2.09. The number of rotatable bonds is 5. The van der Waals surface area contributed by atoms with E-state index in [4.69, 9.17) is 5.73 Å². The Balaban J connectivity index is 2.54. The van der Waals surface area contributed by atoms with Gasteiger partial charge >= 0.3 is 0 Å². The van der Waals surface area contributed by atoms with Crippen molar-refractivity contribution in [3.8, 4) is 0 Å². The molecule has 0 aromatic carbocycles. The standard InChI is InChI=1S/C10H17IN4/c1-7(2)3-9(4-12)15-10-13-5-8(11)6-14-10/h5-7,9H,3-4,12H2,1-2H3,(H,13,14,15). The van der Waals surface area contributed by atoms with Crippen molar-refractivity contribution in [1.29, 1.82) is 0 Å². The third-order valence-electron chi connectivity index (χ3n) is 1.99. The minimum Gasteiger partial charge on any atom is -0.350 e. The first-order chi connectivity index (χ1) is 7.11. The van der Waals surface area contributed by atoms with Gasteiger partial charge in [-0.25, -0.2) is 9.97 Å². The number of nitrogens with zero attached hydrogens (tertiary/aromatic N) is 2. The molecule has 0 spiro atoms. The van der Waals surface area contributed by atoms with Gasteiger partial charge in [-0.2, -0.15) is 0 Å². The fourth-order valence-corrected chi connectivity index (χ4v) is 1.63. The smallest absolute Gasteiger partial charge is 0.222 e. The summed E-state index contributed by atoms with van der Waals surface area (Å²) in [5.41, 5.74) is 5.68. The van der Waals surface area contributed by atoms with Crippen LogP contribution in [0, 0.1) is 9.49 Å². The lowest BCUT2D eigenvalue weighted by Gasteiger charge is -2.18. The summed E-state index contributed by atoms with van der Waals surface area (Å²) in [6, 6.07) is 0.255. The Morgan fingerprint density at radius 2 is 2.00 bits per heavy atom. The molecule has 1 aromatic rings. The van der Waals surface area contributed by atoms with Gasteiger partial charge in [-0.3, -0.25) is 0 Å². The quantitative estimate of drug-likeness (QED) is 0.813. The molecule has 0 radical (unpaired) electrons. The number of nitrogens with one attached hydrogen (secondary N) is 1. The molecule has 84 valence electrons. The van der Waals surface area contributed by atoms with E-state index in [2.05, 4.69) is 51.7 Å². The molecule has 1 heterocycles. The molecule has 0 saturated carbocycles. The van der Waals surface area contributed by atoms with E-state index in [1.54, 1.807) is 12.4 Å². The number of halogens is 1. The molecule has 0 bridgehead atoms. The van der Waals surface area contributed by atoms with Gasteiger partial charge in [0.15, 0.2) is 0 Å². The zero-order chi connectivity index (χ0) is 11.3. The fourth-order valence-electron chi connectivity index (χ4n) is 1.35. The van der Waals surface area contributed by atoms with Crippen LogP contribution in [0.4, 0.5) is 5.95 Å². The molecule has 4 nitrogen and oxygen atoms in total. The molecule has 0 aliphatic heterocycles. The minimum absolute atomic E-state index is 0.255. The van der Waals surface area contributed by atoms with E-state index in [1.165, 1.54) is 0 Å². The summed E-state index contributed by atoms with van der Waals surface area (Å²) in [5, 5.41) is 3.24. The SMILES string of the molecule is CC(C)CC(CN)Nc1ncc(I)cn1. The van der Waals surface area contributed by atoms with E-state index in [0.29, 0.717) is 18.4 Å². The van der Waals surface area contributed by atoms with Crippen molar-refractivity contribution in [1.82, 2.24) is 9.97 Å². The fraction of sp³-hybridized carbons (Fsp3) is 0.600. The molecule has 0 amide bonds. The molecule has 0 saturated heterocycles. The van der Waals surface area contributed by atoms with Crippen molar-refractivity contribution in [3.05, 3.63) is 16.0 Å². The second-order valence-corrected chi connectivity index (χ2v) is 5.18. The highest BCUT2D eigenvalue weighted by Crippen LogP contribution is 2.09. The first-order valence-electron chi connectivity index (χ1n) is 5.06. The van der Waals surface area contributed by atoms with E-state index >= 15 is 0 Å². The van der Waals surface area contributed by atoms with Crippen LogP contribution in [0.5, 0.6) is 0 Å². The third-order valence-corrected chi connectivity index (χ3v) is 2.55. The molecule has 1 unspecified atom stereocenters. The lowest BCUT2D eigenvalue weighted by atomic mass is 10.0. The van der Waals surface area contributed by atoms with Crippen molar-refractivity contribution in [3.63, 3.8) is 0 Å². The summed E-state index contributed by atoms with van der Waals surface area (Å²) in [6.07, 6.45) is 4.61. The largest absolute Gasteiger partial charge is 0.350 e. The second kappa shape index (κ2) is 6.22. The van der Waals surface area contributed by atoms with Crippen molar-refractivity contribution in [2.24, 2.45) is 11.7 Å². The van der Waals surface area contributed by atoms with Gasteiger partial charge in [-0.05, 0) is 34.9 Å². The maximum atomic E-state index is 5.68. The van der Waals surface area contributed by atoms with E-state index in [9.17, 15) is 0 Å². The van der Waals surface area contributed by atoms with Crippen LogP contribution in [-0.2, 0) is 0 Å². The number of nitrogens with two attached hydrogens (primary N) is 1. The first kappa shape index (κ1) is 12.6. The van der Waals surface area contributed by atoms with Crippen LogP contribution in [-0.4, -0.2) is 22.6 Å². The Morgan fingerprint density at radius 3 is 2.47 bits per heavy atom. The average molecular weight is 320 g/mol. The molecule has 1 rings (SSSR count). The van der Waals surface area contributed by atoms with Gasteiger partial charge in [-0.1, -0.05) is 13.8 Å². The van der Waals surface area contributed by atoms with Crippen LogP contribution in [0.2, 0.25) is 0 Å².